The monoisotopic (exact) mass is 456 g/mol. The second-order valence-electron chi connectivity index (χ2n) is 8.76. The first-order chi connectivity index (χ1) is 15.3. The zero-order valence-corrected chi connectivity index (χ0v) is 19.3. The number of carbonyl (C=O) groups excluding carboxylic acids is 1. The number of carbonyl (C=O) groups is 1. The number of hydrogen-bond donors (Lipinski definition) is 2. The summed E-state index contributed by atoms with van der Waals surface area (Å²) in [6.45, 7) is 4.25. The van der Waals surface area contributed by atoms with Crippen molar-refractivity contribution >= 4 is 21.5 Å². The van der Waals surface area contributed by atoms with Gasteiger partial charge in [0.15, 0.2) is 5.78 Å². The van der Waals surface area contributed by atoms with Crippen molar-refractivity contribution < 1.29 is 17.6 Å². The van der Waals surface area contributed by atoms with E-state index in [0.717, 1.165) is 44.1 Å². The summed E-state index contributed by atoms with van der Waals surface area (Å²) in [7, 11) is -3.82. The Labute approximate surface area is 189 Å². The molecule has 4 rings (SSSR count). The second kappa shape index (κ2) is 8.70. The highest BCUT2D eigenvalue weighted by Gasteiger charge is 2.43. The van der Waals surface area contributed by atoms with Gasteiger partial charge in [-0.15, -0.1) is 0 Å². The first-order valence-electron chi connectivity index (χ1n) is 11.3. The maximum Gasteiger partial charge on any atom is 0.265 e. The topological polar surface area (TPSA) is 75.3 Å². The highest BCUT2D eigenvalue weighted by Crippen LogP contribution is 2.48. The molecule has 5 nitrogen and oxygen atoms in total. The third-order valence-electron chi connectivity index (χ3n) is 6.58. The van der Waals surface area contributed by atoms with Crippen LogP contribution in [0.3, 0.4) is 0 Å². The van der Waals surface area contributed by atoms with Crippen LogP contribution in [0.15, 0.2) is 58.8 Å². The summed E-state index contributed by atoms with van der Waals surface area (Å²) >= 11 is 0. The van der Waals surface area contributed by atoms with E-state index in [0.29, 0.717) is 23.2 Å². The molecule has 32 heavy (non-hydrogen) atoms. The molecule has 0 bridgehead atoms. The summed E-state index contributed by atoms with van der Waals surface area (Å²) < 4.78 is 42.6. The van der Waals surface area contributed by atoms with Crippen molar-refractivity contribution in [2.75, 3.05) is 5.32 Å². The lowest BCUT2D eigenvalue weighted by Crippen LogP contribution is -2.40. The molecule has 0 aromatic heterocycles. The van der Waals surface area contributed by atoms with Crippen molar-refractivity contribution in [1.82, 2.24) is 4.72 Å². The Morgan fingerprint density at radius 2 is 1.72 bits per heavy atom. The average Bonchev–Trinajstić information content (AvgIpc) is 2.77. The number of benzene rings is 2. The normalized spacial score (nSPS) is 20.7. The molecule has 0 saturated heterocycles. The van der Waals surface area contributed by atoms with Gasteiger partial charge in [0.1, 0.15) is 16.5 Å². The summed E-state index contributed by atoms with van der Waals surface area (Å²) in [6.07, 6.45) is 6.08. The molecule has 1 aliphatic carbocycles. The van der Waals surface area contributed by atoms with Crippen LogP contribution >= 0.6 is 0 Å². The van der Waals surface area contributed by atoms with Crippen molar-refractivity contribution in [3.8, 4) is 0 Å². The van der Waals surface area contributed by atoms with E-state index in [-0.39, 0.29) is 21.9 Å². The molecule has 2 aliphatic rings. The molecular formula is C25H29FN2O3S. The smallest absolute Gasteiger partial charge is 0.265 e. The zero-order valence-electron chi connectivity index (χ0n) is 18.5. The van der Waals surface area contributed by atoms with Gasteiger partial charge in [-0.05, 0) is 49.1 Å². The number of fused-ring (bicyclic) bond motifs is 2. The summed E-state index contributed by atoms with van der Waals surface area (Å²) in [5.74, 6) is -0.612. The number of halogens is 1. The Bertz CT molecular complexity index is 1180. The van der Waals surface area contributed by atoms with Crippen LogP contribution in [-0.4, -0.2) is 14.2 Å². The first kappa shape index (κ1) is 22.5. The van der Waals surface area contributed by atoms with Gasteiger partial charge in [0.25, 0.3) is 10.0 Å². The van der Waals surface area contributed by atoms with Crippen LogP contribution in [0.1, 0.15) is 74.7 Å². The highest BCUT2D eigenvalue weighted by atomic mass is 32.2. The van der Waals surface area contributed by atoms with E-state index in [1.54, 1.807) is 24.3 Å². The maximum absolute atomic E-state index is 14.2. The summed E-state index contributed by atoms with van der Waals surface area (Å²) in [5.41, 5.74) is 1.68. The van der Waals surface area contributed by atoms with Gasteiger partial charge < -0.3 is 5.32 Å². The maximum atomic E-state index is 14.2. The number of hydrogen-bond acceptors (Lipinski definition) is 4. The van der Waals surface area contributed by atoms with Crippen molar-refractivity contribution in [2.45, 2.75) is 69.1 Å². The molecule has 2 aromatic carbocycles. The van der Waals surface area contributed by atoms with Crippen molar-refractivity contribution in [3.63, 3.8) is 0 Å². The van der Waals surface area contributed by atoms with E-state index < -0.39 is 15.8 Å². The molecule has 0 spiro atoms. The summed E-state index contributed by atoms with van der Waals surface area (Å²) in [4.78, 5) is 13.7. The number of anilines is 1. The van der Waals surface area contributed by atoms with E-state index >= 15 is 0 Å². The van der Waals surface area contributed by atoms with Crippen molar-refractivity contribution in [3.05, 3.63) is 70.8 Å². The van der Waals surface area contributed by atoms with Gasteiger partial charge in [0.05, 0.1) is 5.69 Å². The van der Waals surface area contributed by atoms with Crippen LogP contribution in [0.5, 0.6) is 0 Å². The van der Waals surface area contributed by atoms with Gasteiger partial charge >= 0.3 is 0 Å². The van der Waals surface area contributed by atoms with Crippen LogP contribution < -0.4 is 10.0 Å². The number of nitrogens with one attached hydrogen (secondary N) is 2. The molecule has 0 atom stereocenters. The largest absolute Gasteiger partial charge is 0.340 e. The van der Waals surface area contributed by atoms with Gasteiger partial charge in [-0.1, -0.05) is 57.7 Å². The van der Waals surface area contributed by atoms with E-state index in [1.165, 1.54) is 18.2 Å². The number of sulfonamides is 1. The average molecular weight is 457 g/mol. The molecule has 1 aliphatic heterocycles. The van der Waals surface area contributed by atoms with E-state index in [1.807, 2.05) is 0 Å². The second-order valence-corrected chi connectivity index (χ2v) is 10.4. The van der Waals surface area contributed by atoms with Crippen LogP contribution in [0.25, 0.3) is 0 Å². The SMILES string of the molecule is CCCCC1(CCCC)CC(=C2Nc3ccccc3S(=O)(=O)N2)C(=O)c2cc(F)ccc21. The summed E-state index contributed by atoms with van der Waals surface area (Å²) in [6, 6.07) is 11.1. The molecule has 0 unspecified atom stereocenters. The predicted octanol–water partition coefficient (Wildman–Crippen LogP) is 5.65. The van der Waals surface area contributed by atoms with Crippen molar-refractivity contribution in [1.29, 1.82) is 0 Å². The van der Waals surface area contributed by atoms with E-state index in [2.05, 4.69) is 23.9 Å². The number of rotatable bonds is 6. The quantitative estimate of drug-likeness (QED) is 0.551. The number of allylic oxidation sites excluding steroid dienone is 1. The highest BCUT2D eigenvalue weighted by molar-refractivity contribution is 7.89. The minimum atomic E-state index is -3.82. The lowest BCUT2D eigenvalue weighted by atomic mass is 9.63. The van der Waals surface area contributed by atoms with Crippen LogP contribution in [0.4, 0.5) is 10.1 Å². The van der Waals surface area contributed by atoms with Crippen LogP contribution in [-0.2, 0) is 15.4 Å². The minimum Gasteiger partial charge on any atom is -0.340 e. The molecule has 0 amide bonds. The number of para-hydroxylation sites is 1. The number of Topliss-reactive ketones (excluding diaryl/α,β-unsaturated/α-hetero) is 1. The Kier molecular flexibility index (Phi) is 6.12. The van der Waals surface area contributed by atoms with E-state index in [4.69, 9.17) is 0 Å². The Morgan fingerprint density at radius 1 is 1.03 bits per heavy atom. The Balaban J connectivity index is 1.90. The van der Waals surface area contributed by atoms with Crippen LogP contribution in [0, 0.1) is 5.82 Å². The summed E-state index contributed by atoms with van der Waals surface area (Å²) in [5, 5.41) is 3.12. The fraction of sp³-hybridized carbons (Fsp3) is 0.400. The van der Waals surface area contributed by atoms with Gasteiger partial charge in [-0.3, -0.25) is 9.52 Å². The van der Waals surface area contributed by atoms with Gasteiger partial charge in [-0.2, -0.15) is 0 Å². The first-order valence-corrected chi connectivity index (χ1v) is 12.8. The lowest BCUT2D eigenvalue weighted by molar-refractivity contribution is 0.100. The fourth-order valence-electron chi connectivity index (χ4n) is 4.94. The molecule has 0 fully saturated rings. The number of unbranched alkanes of at least 4 members (excludes halogenated alkanes) is 2. The molecular weight excluding hydrogens is 427 g/mol. The zero-order chi connectivity index (χ0) is 22.9. The van der Waals surface area contributed by atoms with Gasteiger partial charge in [0, 0.05) is 16.6 Å². The third-order valence-corrected chi connectivity index (χ3v) is 7.99. The molecule has 0 radical (unpaired) electrons. The molecule has 2 aromatic rings. The minimum absolute atomic E-state index is 0.141. The Morgan fingerprint density at radius 3 is 2.41 bits per heavy atom. The molecule has 2 N–H and O–H groups in total. The molecule has 1 heterocycles. The van der Waals surface area contributed by atoms with Gasteiger partial charge in [0.2, 0.25) is 0 Å². The standard InChI is InChI=1S/C25H29FN2O3S/c1-3-5-13-25(14-6-4-2)16-19(23(29)18-15-17(26)11-12-20(18)25)24-27-21-9-7-8-10-22(21)32(30,31)28-24/h7-12,15,27-28H,3-6,13-14,16H2,1-2H3. The molecule has 170 valence electrons. The molecule has 0 saturated carbocycles. The van der Waals surface area contributed by atoms with Gasteiger partial charge in [-0.25, -0.2) is 12.8 Å². The van der Waals surface area contributed by atoms with Crippen molar-refractivity contribution in [2.24, 2.45) is 0 Å². The fourth-order valence-corrected chi connectivity index (χ4v) is 6.16. The lowest BCUT2D eigenvalue weighted by Gasteiger charge is -2.41. The third kappa shape index (κ3) is 3.94. The van der Waals surface area contributed by atoms with E-state index in [9.17, 15) is 17.6 Å². The predicted molar refractivity (Wildman–Crippen MR) is 123 cm³/mol. The van der Waals surface area contributed by atoms with Crippen LogP contribution in [0.2, 0.25) is 0 Å². The molecule has 7 heteroatoms. The number of ketones is 1. The Hall–Kier alpha value is -2.67.